The van der Waals surface area contributed by atoms with Crippen LogP contribution in [0, 0.1) is 0 Å². The van der Waals surface area contributed by atoms with Crippen molar-refractivity contribution < 1.29 is 14.6 Å². The summed E-state index contributed by atoms with van der Waals surface area (Å²) in [6.45, 7) is 1.89. The number of nitrogens with zero attached hydrogens (tertiary/aromatic N) is 1. The summed E-state index contributed by atoms with van der Waals surface area (Å²) in [4.78, 5) is 14.4. The van der Waals surface area contributed by atoms with Crippen molar-refractivity contribution in [3.63, 3.8) is 0 Å². The van der Waals surface area contributed by atoms with Crippen molar-refractivity contribution in [1.29, 1.82) is 0 Å². The topological polar surface area (TPSA) is 61.8 Å². The third kappa shape index (κ3) is 2.07. The molecule has 5 heteroatoms. The van der Waals surface area contributed by atoms with Gasteiger partial charge in [-0.3, -0.25) is 4.79 Å². The van der Waals surface area contributed by atoms with Crippen LogP contribution in [0.1, 0.15) is 25.7 Å². The van der Waals surface area contributed by atoms with Gasteiger partial charge in [-0.2, -0.15) is 0 Å². The molecule has 3 fully saturated rings. The van der Waals surface area contributed by atoms with Crippen LogP contribution < -0.4 is 5.32 Å². The predicted molar refractivity (Wildman–Crippen MR) is 61.5 cm³/mol. The molecule has 2 N–H and O–H groups in total. The molecular formula is C12H20N2O3. The Kier molecular flexibility index (Phi) is 3.06. The molecule has 5 nitrogen and oxygen atoms in total. The van der Waals surface area contributed by atoms with E-state index in [1.165, 1.54) is 0 Å². The molecule has 0 radical (unpaired) electrons. The van der Waals surface area contributed by atoms with Gasteiger partial charge in [0.2, 0.25) is 5.91 Å². The quantitative estimate of drug-likeness (QED) is 0.648. The first-order valence-electron chi connectivity index (χ1n) is 6.59. The Balaban J connectivity index is 1.68. The third-order valence-corrected chi connectivity index (χ3v) is 4.17. The lowest BCUT2D eigenvalue weighted by Gasteiger charge is -2.39. The molecule has 0 aromatic heterocycles. The van der Waals surface area contributed by atoms with E-state index < -0.39 is 0 Å². The van der Waals surface area contributed by atoms with E-state index in [0.717, 1.165) is 19.3 Å². The summed E-state index contributed by atoms with van der Waals surface area (Å²) in [5.41, 5.74) is 0. The zero-order valence-corrected chi connectivity index (χ0v) is 9.97. The average Bonchev–Trinajstić information content (AvgIpc) is 2.95. The van der Waals surface area contributed by atoms with Crippen molar-refractivity contribution in [2.75, 3.05) is 19.7 Å². The lowest BCUT2D eigenvalue weighted by molar-refractivity contribution is -0.146. The lowest BCUT2D eigenvalue weighted by Crippen LogP contribution is -2.55. The highest BCUT2D eigenvalue weighted by atomic mass is 16.5. The van der Waals surface area contributed by atoms with Crippen LogP contribution in [0.3, 0.4) is 0 Å². The van der Waals surface area contributed by atoms with Gasteiger partial charge >= 0.3 is 0 Å². The van der Waals surface area contributed by atoms with Crippen LogP contribution in [0.4, 0.5) is 0 Å². The van der Waals surface area contributed by atoms with Crippen LogP contribution in [0.2, 0.25) is 0 Å². The number of β-amino-alcohol motifs (C(OH)–C–C–N with tert-alkyl or cyclic N) is 1. The molecule has 3 aliphatic rings. The van der Waals surface area contributed by atoms with E-state index in [4.69, 9.17) is 4.74 Å². The summed E-state index contributed by atoms with van der Waals surface area (Å²) in [5, 5.41) is 12.6. The lowest BCUT2D eigenvalue weighted by atomic mass is 10.1. The van der Waals surface area contributed by atoms with Crippen molar-refractivity contribution in [2.24, 2.45) is 0 Å². The van der Waals surface area contributed by atoms with E-state index in [-0.39, 0.29) is 30.2 Å². The van der Waals surface area contributed by atoms with Crippen LogP contribution in [0.15, 0.2) is 0 Å². The van der Waals surface area contributed by atoms with Crippen molar-refractivity contribution in [3.05, 3.63) is 0 Å². The SMILES string of the molecule is O=C(C1CC(O)CN1)N1CCOC2CCCC21. The van der Waals surface area contributed by atoms with E-state index in [9.17, 15) is 9.90 Å². The fourth-order valence-electron chi connectivity index (χ4n) is 3.30. The third-order valence-electron chi connectivity index (χ3n) is 4.17. The van der Waals surface area contributed by atoms with E-state index in [2.05, 4.69) is 5.32 Å². The monoisotopic (exact) mass is 240 g/mol. The van der Waals surface area contributed by atoms with Gasteiger partial charge in [-0.15, -0.1) is 0 Å². The minimum Gasteiger partial charge on any atom is -0.392 e. The van der Waals surface area contributed by atoms with Gasteiger partial charge in [-0.05, 0) is 25.7 Å². The number of nitrogens with one attached hydrogen (secondary N) is 1. The van der Waals surface area contributed by atoms with Crippen molar-refractivity contribution >= 4 is 5.91 Å². The maximum Gasteiger partial charge on any atom is 0.240 e. The second-order valence-electron chi connectivity index (χ2n) is 5.29. The van der Waals surface area contributed by atoms with E-state index in [0.29, 0.717) is 26.1 Å². The molecule has 0 spiro atoms. The molecule has 96 valence electrons. The normalized spacial score (nSPS) is 41.6. The largest absolute Gasteiger partial charge is 0.392 e. The van der Waals surface area contributed by atoms with Gasteiger partial charge in [-0.25, -0.2) is 0 Å². The summed E-state index contributed by atoms with van der Waals surface area (Å²) in [7, 11) is 0. The van der Waals surface area contributed by atoms with Crippen LogP contribution in [-0.4, -0.2) is 59.9 Å². The Hall–Kier alpha value is -0.650. The van der Waals surface area contributed by atoms with Gasteiger partial charge in [0, 0.05) is 13.1 Å². The van der Waals surface area contributed by atoms with Gasteiger partial charge in [-0.1, -0.05) is 0 Å². The Morgan fingerprint density at radius 3 is 3.06 bits per heavy atom. The van der Waals surface area contributed by atoms with E-state index in [1.54, 1.807) is 0 Å². The minimum atomic E-state index is -0.371. The number of hydrogen-bond donors (Lipinski definition) is 2. The van der Waals surface area contributed by atoms with Crippen LogP contribution in [-0.2, 0) is 9.53 Å². The number of morpholine rings is 1. The summed E-state index contributed by atoms with van der Waals surface area (Å²) in [6, 6.07) is 0.0835. The predicted octanol–water partition coefficient (Wildman–Crippen LogP) is -0.511. The number of hydrogen-bond acceptors (Lipinski definition) is 4. The van der Waals surface area contributed by atoms with Crippen LogP contribution in [0.25, 0.3) is 0 Å². The van der Waals surface area contributed by atoms with Crippen molar-refractivity contribution in [1.82, 2.24) is 10.2 Å². The number of ether oxygens (including phenoxy) is 1. The van der Waals surface area contributed by atoms with Gasteiger partial charge < -0.3 is 20.1 Å². The highest BCUT2D eigenvalue weighted by Crippen LogP contribution is 2.30. The van der Waals surface area contributed by atoms with Gasteiger partial charge in [0.25, 0.3) is 0 Å². The molecule has 17 heavy (non-hydrogen) atoms. The Bertz CT molecular complexity index is 310. The standard InChI is InChI=1S/C12H20N2O3/c15-8-6-9(13-7-8)12(16)14-4-5-17-11-3-1-2-10(11)14/h8-11,13,15H,1-7H2. The smallest absolute Gasteiger partial charge is 0.240 e. The molecule has 1 saturated carbocycles. The van der Waals surface area contributed by atoms with Gasteiger partial charge in [0.05, 0.1) is 30.9 Å². The zero-order valence-electron chi connectivity index (χ0n) is 9.97. The minimum absolute atomic E-state index is 0.154. The Morgan fingerprint density at radius 1 is 1.41 bits per heavy atom. The molecule has 2 heterocycles. The molecule has 0 aromatic rings. The Labute approximate surface area is 101 Å². The van der Waals surface area contributed by atoms with Crippen molar-refractivity contribution in [2.45, 2.75) is 50.0 Å². The fourth-order valence-corrected chi connectivity index (χ4v) is 3.30. The molecule has 0 bridgehead atoms. The highest BCUT2D eigenvalue weighted by molar-refractivity contribution is 5.82. The second kappa shape index (κ2) is 4.55. The molecule has 0 aromatic carbocycles. The number of amides is 1. The summed E-state index contributed by atoms with van der Waals surface area (Å²) in [5.74, 6) is 0.154. The molecule has 1 amide bonds. The number of carbonyl (C=O) groups is 1. The number of fused-ring (bicyclic) bond motifs is 1. The molecule has 2 saturated heterocycles. The number of carbonyl (C=O) groups excluding carboxylic acids is 1. The second-order valence-corrected chi connectivity index (χ2v) is 5.29. The summed E-state index contributed by atoms with van der Waals surface area (Å²) in [6.07, 6.45) is 3.72. The molecular weight excluding hydrogens is 220 g/mol. The van der Waals surface area contributed by atoms with E-state index in [1.807, 2.05) is 4.90 Å². The first-order valence-corrected chi connectivity index (χ1v) is 6.59. The van der Waals surface area contributed by atoms with Crippen LogP contribution in [0.5, 0.6) is 0 Å². The maximum absolute atomic E-state index is 12.4. The number of aliphatic hydroxyl groups is 1. The van der Waals surface area contributed by atoms with Gasteiger partial charge in [0.15, 0.2) is 0 Å². The van der Waals surface area contributed by atoms with E-state index >= 15 is 0 Å². The average molecular weight is 240 g/mol. The molecule has 4 unspecified atom stereocenters. The molecule has 3 rings (SSSR count). The van der Waals surface area contributed by atoms with Gasteiger partial charge in [0.1, 0.15) is 0 Å². The Morgan fingerprint density at radius 2 is 2.29 bits per heavy atom. The number of rotatable bonds is 1. The fraction of sp³-hybridized carbons (Fsp3) is 0.917. The highest BCUT2D eigenvalue weighted by Gasteiger charge is 2.41. The first-order chi connectivity index (χ1) is 8.25. The molecule has 4 atom stereocenters. The number of aliphatic hydroxyl groups excluding tert-OH is 1. The zero-order chi connectivity index (χ0) is 11.8. The maximum atomic E-state index is 12.4. The molecule has 2 aliphatic heterocycles. The summed E-state index contributed by atoms with van der Waals surface area (Å²) >= 11 is 0. The van der Waals surface area contributed by atoms with Crippen molar-refractivity contribution in [3.8, 4) is 0 Å². The van der Waals surface area contributed by atoms with Crippen LogP contribution >= 0.6 is 0 Å². The summed E-state index contributed by atoms with van der Waals surface area (Å²) < 4.78 is 5.70. The molecule has 1 aliphatic carbocycles. The first kappa shape index (κ1) is 11.4.